The number of halogens is 3. The Morgan fingerprint density at radius 2 is 1.67 bits per heavy atom. The normalized spacial score (nSPS) is 16.1. The van der Waals surface area contributed by atoms with Crippen molar-refractivity contribution in [3.8, 4) is 22.4 Å². The molecule has 0 spiro atoms. The summed E-state index contributed by atoms with van der Waals surface area (Å²) in [6.45, 7) is 6.72. The topological polar surface area (TPSA) is 102 Å². The highest BCUT2D eigenvalue weighted by Crippen LogP contribution is 2.37. The number of ether oxygens (including phenoxy) is 1. The molecule has 13 heteroatoms. The van der Waals surface area contributed by atoms with E-state index in [1.807, 2.05) is 18.2 Å². The number of rotatable bonds is 7. The fourth-order valence-electron chi connectivity index (χ4n) is 5.55. The molecule has 7 rings (SSSR count). The van der Waals surface area contributed by atoms with E-state index in [-0.39, 0.29) is 5.75 Å². The third-order valence-corrected chi connectivity index (χ3v) is 8.87. The molecule has 2 fully saturated rings. The Labute approximate surface area is 260 Å². The molecule has 2 aliphatic heterocycles. The lowest BCUT2D eigenvalue weighted by Gasteiger charge is -2.36. The van der Waals surface area contributed by atoms with Crippen molar-refractivity contribution in [2.24, 2.45) is 9.98 Å². The van der Waals surface area contributed by atoms with Gasteiger partial charge in [0.15, 0.2) is 5.84 Å². The maximum Gasteiger partial charge on any atom is 0.573 e. The van der Waals surface area contributed by atoms with Gasteiger partial charge in [-0.2, -0.15) is 5.26 Å². The van der Waals surface area contributed by atoms with E-state index in [2.05, 4.69) is 43.0 Å². The maximum absolute atomic E-state index is 12.7. The Hall–Kier alpha value is -4.80. The standard InChI is InChI=1S/C32H27F3N8OS/c1-2-42-13-15-43(16-14-42)25-17-24-27(38-29(37-24)21-9-11-23(12-10-21)44-32(33,34)35)26(20-7-8-20)28(25)39-31-41-40-30(45-31)22-5-3-19(18-36)4-6-22/h3-6,9-12,17H,2,7-8,13-16H2,1H3,(H,39,41). The van der Waals surface area contributed by atoms with E-state index < -0.39 is 6.36 Å². The van der Waals surface area contributed by atoms with E-state index >= 15 is 0 Å². The molecule has 9 nitrogen and oxygen atoms in total. The number of fused-ring (bicyclic) bond motifs is 1. The maximum atomic E-state index is 12.7. The van der Waals surface area contributed by atoms with Gasteiger partial charge >= 0.3 is 6.36 Å². The van der Waals surface area contributed by atoms with Crippen molar-refractivity contribution < 1.29 is 17.9 Å². The molecule has 0 amide bonds. The van der Waals surface area contributed by atoms with Gasteiger partial charge in [-0.1, -0.05) is 36.0 Å². The van der Waals surface area contributed by atoms with E-state index in [4.69, 9.17) is 15.2 Å². The molecule has 1 N–H and O–H groups in total. The van der Waals surface area contributed by atoms with Crippen LogP contribution in [0.1, 0.15) is 30.9 Å². The minimum absolute atomic E-state index is 0.297. The second-order valence-corrected chi connectivity index (χ2v) is 11.9. The smallest absolute Gasteiger partial charge is 0.406 e. The van der Waals surface area contributed by atoms with Gasteiger partial charge < -0.3 is 19.9 Å². The number of nitrogens with one attached hydrogen (secondary N) is 1. The highest BCUT2D eigenvalue weighted by atomic mass is 32.1. The number of alkyl halides is 3. The van der Waals surface area contributed by atoms with Crippen molar-refractivity contribution in [3.05, 3.63) is 76.3 Å². The first kappa shape index (κ1) is 28.9. The van der Waals surface area contributed by atoms with E-state index in [0.717, 1.165) is 83.8 Å². The van der Waals surface area contributed by atoms with Crippen LogP contribution in [0, 0.1) is 11.3 Å². The van der Waals surface area contributed by atoms with E-state index in [9.17, 15) is 13.2 Å². The number of piperazine rings is 1. The molecule has 0 atom stereocenters. The predicted molar refractivity (Wildman–Crippen MR) is 167 cm³/mol. The van der Waals surface area contributed by atoms with Crippen molar-refractivity contribution in [3.63, 3.8) is 0 Å². The van der Waals surface area contributed by atoms with Gasteiger partial charge in [-0.25, -0.2) is 9.98 Å². The van der Waals surface area contributed by atoms with Gasteiger partial charge in [0.1, 0.15) is 16.1 Å². The summed E-state index contributed by atoms with van der Waals surface area (Å²) in [5, 5.41) is 24.7. The van der Waals surface area contributed by atoms with Crippen molar-refractivity contribution in [1.82, 2.24) is 15.1 Å². The van der Waals surface area contributed by atoms with Gasteiger partial charge in [-0.05, 0) is 61.9 Å². The molecule has 1 saturated heterocycles. The molecule has 3 heterocycles. The molecule has 3 aliphatic rings. The summed E-state index contributed by atoms with van der Waals surface area (Å²) in [5.74, 6) is 0.137. The van der Waals surface area contributed by atoms with Gasteiger partial charge in [0, 0.05) is 42.5 Å². The number of aromatic nitrogens is 2. The van der Waals surface area contributed by atoms with E-state index in [0.29, 0.717) is 22.1 Å². The predicted octanol–water partition coefficient (Wildman–Crippen LogP) is 5.52. The van der Waals surface area contributed by atoms with Crippen LogP contribution in [0.3, 0.4) is 0 Å². The molecule has 1 aliphatic carbocycles. The molecule has 3 aromatic carbocycles. The quantitative estimate of drug-likeness (QED) is 0.288. The summed E-state index contributed by atoms with van der Waals surface area (Å²) < 4.78 is 42.1. The second-order valence-electron chi connectivity index (χ2n) is 10.9. The van der Waals surface area contributed by atoms with Gasteiger partial charge in [0.2, 0.25) is 5.13 Å². The van der Waals surface area contributed by atoms with Crippen LogP contribution in [0.4, 0.5) is 35.4 Å². The van der Waals surface area contributed by atoms with Crippen LogP contribution in [0.5, 0.6) is 5.75 Å². The number of hydrogen-bond acceptors (Lipinski definition) is 10. The van der Waals surface area contributed by atoms with Crippen molar-refractivity contribution >= 4 is 44.9 Å². The Morgan fingerprint density at radius 3 is 2.31 bits per heavy atom. The summed E-state index contributed by atoms with van der Waals surface area (Å²) in [4.78, 5) is 14.5. The van der Waals surface area contributed by atoms with Crippen LogP contribution in [-0.4, -0.2) is 60.0 Å². The lowest BCUT2D eigenvalue weighted by molar-refractivity contribution is -0.274. The first-order valence-electron chi connectivity index (χ1n) is 14.6. The summed E-state index contributed by atoms with van der Waals surface area (Å²) in [6.07, 6.45) is -2.88. The van der Waals surface area contributed by atoms with Crippen molar-refractivity contribution in [2.75, 3.05) is 42.9 Å². The average molecular weight is 629 g/mol. The Bertz CT molecular complexity index is 1950. The number of amidine groups is 1. The highest BCUT2D eigenvalue weighted by molar-refractivity contribution is 7.18. The first-order valence-corrected chi connectivity index (χ1v) is 15.4. The summed E-state index contributed by atoms with van der Waals surface area (Å²) >= 11 is 1.43. The minimum Gasteiger partial charge on any atom is -0.406 e. The highest BCUT2D eigenvalue weighted by Gasteiger charge is 2.31. The molecule has 228 valence electrons. The molecular weight excluding hydrogens is 601 g/mol. The first-order chi connectivity index (χ1) is 21.8. The molecule has 45 heavy (non-hydrogen) atoms. The Balaban J connectivity index is 1.29. The van der Waals surface area contributed by atoms with Gasteiger partial charge in [0.25, 0.3) is 0 Å². The van der Waals surface area contributed by atoms with Crippen LogP contribution in [-0.2, 0) is 0 Å². The van der Waals surface area contributed by atoms with E-state index in [1.165, 1.54) is 41.2 Å². The average Bonchev–Trinajstić information content (AvgIpc) is 3.62. The van der Waals surface area contributed by atoms with Crippen LogP contribution < -0.4 is 25.5 Å². The number of nitriles is 1. The van der Waals surface area contributed by atoms with Crippen LogP contribution in [0.25, 0.3) is 16.1 Å². The molecule has 0 bridgehead atoms. The number of nitrogens with zero attached hydrogens (tertiary/aromatic N) is 7. The van der Waals surface area contributed by atoms with Crippen LogP contribution >= 0.6 is 11.3 Å². The van der Waals surface area contributed by atoms with Crippen LogP contribution in [0.15, 0.2) is 64.6 Å². The third kappa shape index (κ3) is 6.11. The van der Waals surface area contributed by atoms with E-state index in [1.54, 1.807) is 12.1 Å². The fourth-order valence-corrected chi connectivity index (χ4v) is 6.30. The van der Waals surface area contributed by atoms with Crippen LogP contribution in [0.2, 0.25) is 0 Å². The monoisotopic (exact) mass is 628 g/mol. The summed E-state index contributed by atoms with van der Waals surface area (Å²) in [5.41, 5.74) is 5.94. The third-order valence-electron chi connectivity index (χ3n) is 7.98. The zero-order valence-electron chi connectivity index (χ0n) is 24.2. The van der Waals surface area contributed by atoms with Gasteiger partial charge in [-0.3, -0.25) is 0 Å². The molecule has 4 aromatic rings. The number of anilines is 3. The number of benzene rings is 3. The van der Waals surface area contributed by atoms with Gasteiger partial charge in [0.05, 0.1) is 28.7 Å². The SMILES string of the molecule is CCN1CCN(c2cc3c(c(=C4CC4)c2Nc2nnc(-c4ccc(C#N)cc4)s2)=NC(c2ccc(OC(F)(F)F)cc2)=N3)CC1. The molecule has 0 radical (unpaired) electrons. The zero-order valence-corrected chi connectivity index (χ0v) is 25.0. The molecular formula is C32H27F3N8OS. The Kier molecular flexibility index (Phi) is 7.47. The number of likely N-dealkylation sites (N-methyl/N-ethyl adjacent to an activating group) is 1. The second kappa shape index (κ2) is 11.6. The number of aliphatic imine (C=N–C) groups is 1. The Morgan fingerprint density at radius 1 is 0.956 bits per heavy atom. The minimum atomic E-state index is -4.76. The van der Waals surface area contributed by atoms with Gasteiger partial charge in [-0.15, -0.1) is 23.4 Å². The summed E-state index contributed by atoms with van der Waals surface area (Å²) in [6, 6.07) is 17.0. The molecule has 0 unspecified atom stereocenters. The largest absolute Gasteiger partial charge is 0.573 e. The summed E-state index contributed by atoms with van der Waals surface area (Å²) in [7, 11) is 0. The number of hydrogen-bond donors (Lipinski definition) is 1. The fraction of sp³-hybridized carbons (Fsp3) is 0.281. The van der Waals surface area contributed by atoms with Crippen molar-refractivity contribution in [1.29, 1.82) is 5.26 Å². The lowest BCUT2D eigenvalue weighted by atomic mass is 10.1. The molecule has 1 aromatic heterocycles. The zero-order chi connectivity index (χ0) is 31.1. The van der Waals surface area contributed by atoms with Crippen molar-refractivity contribution in [2.45, 2.75) is 26.1 Å². The lowest BCUT2D eigenvalue weighted by Crippen LogP contribution is -2.47. The molecule has 1 saturated carbocycles.